The summed E-state index contributed by atoms with van der Waals surface area (Å²) in [4.78, 5) is 0. The lowest BCUT2D eigenvalue weighted by Crippen LogP contribution is -2.20. The molecule has 1 rings (SSSR count). The smallest absolute Gasteiger partial charge is 0.0701 e. The lowest BCUT2D eigenvalue weighted by Gasteiger charge is -2.21. The normalized spacial score (nSPS) is 11.0. The number of hydrogen-bond acceptors (Lipinski definition) is 2. The average molecular weight is 277 g/mol. The molecule has 0 saturated heterocycles. The van der Waals surface area contributed by atoms with Crippen molar-refractivity contribution in [2.45, 2.75) is 77.9 Å². The third-order valence-electron chi connectivity index (χ3n) is 3.86. The second-order valence-corrected chi connectivity index (χ2v) is 5.65. The van der Waals surface area contributed by atoms with Crippen molar-refractivity contribution < 1.29 is 5.11 Å². The second-order valence-electron chi connectivity index (χ2n) is 5.65. The third-order valence-corrected chi connectivity index (χ3v) is 3.86. The molecule has 2 heteroatoms. The van der Waals surface area contributed by atoms with Crippen molar-refractivity contribution in [3.05, 3.63) is 29.8 Å². The van der Waals surface area contributed by atoms with E-state index in [1.165, 1.54) is 51.4 Å². The fourth-order valence-corrected chi connectivity index (χ4v) is 2.59. The first-order valence-electron chi connectivity index (χ1n) is 8.27. The maximum atomic E-state index is 9.42. The van der Waals surface area contributed by atoms with E-state index in [1.54, 1.807) is 0 Å². The van der Waals surface area contributed by atoms with E-state index in [0.717, 1.165) is 11.3 Å². The first-order valence-corrected chi connectivity index (χ1v) is 8.27. The molecule has 0 aliphatic rings. The molecule has 0 saturated carbocycles. The molecule has 2 N–H and O–H groups in total. The van der Waals surface area contributed by atoms with Gasteiger partial charge in [-0.25, -0.2) is 0 Å². The van der Waals surface area contributed by atoms with Crippen molar-refractivity contribution in [3.63, 3.8) is 0 Å². The van der Waals surface area contributed by atoms with Gasteiger partial charge in [0.2, 0.25) is 0 Å². The summed E-state index contributed by atoms with van der Waals surface area (Å²) >= 11 is 0. The summed E-state index contributed by atoms with van der Waals surface area (Å²) in [5, 5.41) is 13.1. The molecule has 0 spiro atoms. The molecular formula is C18H31NO. The molecule has 2 nitrogen and oxygen atoms in total. The van der Waals surface area contributed by atoms with Crippen molar-refractivity contribution in [3.8, 4) is 0 Å². The molecule has 114 valence electrons. The van der Waals surface area contributed by atoms with E-state index < -0.39 is 0 Å². The number of hydrogen-bond donors (Lipinski definition) is 2. The molecule has 0 aliphatic heterocycles. The van der Waals surface area contributed by atoms with E-state index in [-0.39, 0.29) is 6.61 Å². The predicted octanol–water partition coefficient (Wildman–Crippen LogP) is 5.12. The number of rotatable bonds is 11. The Hall–Kier alpha value is -1.02. The maximum Gasteiger partial charge on any atom is 0.0701 e. The molecule has 0 amide bonds. The van der Waals surface area contributed by atoms with E-state index in [0.29, 0.717) is 6.04 Å². The van der Waals surface area contributed by atoms with Crippen LogP contribution in [0, 0.1) is 0 Å². The highest BCUT2D eigenvalue weighted by Crippen LogP contribution is 2.20. The minimum Gasteiger partial charge on any atom is -0.392 e. The molecule has 1 aromatic rings. The number of aliphatic hydroxyl groups is 1. The van der Waals surface area contributed by atoms with Gasteiger partial charge in [0.15, 0.2) is 0 Å². The van der Waals surface area contributed by atoms with Crippen LogP contribution in [0.4, 0.5) is 5.69 Å². The largest absolute Gasteiger partial charge is 0.392 e. The lowest BCUT2D eigenvalue weighted by molar-refractivity contribution is 0.282. The van der Waals surface area contributed by atoms with Crippen molar-refractivity contribution in [2.75, 3.05) is 5.32 Å². The molecule has 1 aromatic carbocycles. The maximum absolute atomic E-state index is 9.42. The van der Waals surface area contributed by atoms with Crippen LogP contribution >= 0.6 is 0 Å². The van der Waals surface area contributed by atoms with Gasteiger partial charge < -0.3 is 10.4 Å². The summed E-state index contributed by atoms with van der Waals surface area (Å²) in [6.07, 6.45) is 10.2. The van der Waals surface area contributed by atoms with Crippen LogP contribution in [0.5, 0.6) is 0 Å². The fourth-order valence-electron chi connectivity index (χ4n) is 2.59. The van der Waals surface area contributed by atoms with E-state index in [1.807, 2.05) is 18.2 Å². The minimum atomic E-state index is 0.111. The van der Waals surface area contributed by atoms with Gasteiger partial charge >= 0.3 is 0 Å². The standard InChI is InChI=1S/C18H31NO/c1-3-5-7-12-17(13-8-6-4-2)19-18-14-10-9-11-16(18)15-20/h9-11,14,17,19-20H,3-8,12-13,15H2,1-2H3. The molecule has 0 radical (unpaired) electrons. The van der Waals surface area contributed by atoms with Gasteiger partial charge in [-0.2, -0.15) is 0 Å². The molecule has 20 heavy (non-hydrogen) atoms. The molecule has 0 aromatic heterocycles. The number of nitrogens with one attached hydrogen (secondary N) is 1. The molecule has 0 bridgehead atoms. The lowest BCUT2D eigenvalue weighted by atomic mass is 10.0. The van der Waals surface area contributed by atoms with Crippen molar-refractivity contribution in [1.82, 2.24) is 0 Å². The summed E-state index contributed by atoms with van der Waals surface area (Å²) in [5.41, 5.74) is 2.11. The monoisotopic (exact) mass is 277 g/mol. The first-order chi connectivity index (χ1) is 9.81. The third kappa shape index (κ3) is 6.42. The highest BCUT2D eigenvalue weighted by atomic mass is 16.3. The topological polar surface area (TPSA) is 32.3 Å². The van der Waals surface area contributed by atoms with Crippen molar-refractivity contribution in [2.24, 2.45) is 0 Å². The summed E-state index contributed by atoms with van der Waals surface area (Å²) in [5.74, 6) is 0. The highest BCUT2D eigenvalue weighted by Gasteiger charge is 2.10. The Bertz CT molecular complexity index is 341. The molecular weight excluding hydrogens is 246 g/mol. The van der Waals surface area contributed by atoms with Gasteiger partial charge in [-0.1, -0.05) is 70.6 Å². The molecule has 0 fully saturated rings. The Labute approximate surface area is 124 Å². The summed E-state index contributed by atoms with van der Waals surface area (Å²) in [6, 6.07) is 8.65. The number of anilines is 1. The molecule has 0 atom stereocenters. The van der Waals surface area contributed by atoms with Crippen molar-refractivity contribution in [1.29, 1.82) is 0 Å². The van der Waals surface area contributed by atoms with Gasteiger partial charge in [-0.3, -0.25) is 0 Å². The average Bonchev–Trinajstić information content (AvgIpc) is 2.48. The Balaban J connectivity index is 2.56. The number of benzene rings is 1. The zero-order chi connectivity index (χ0) is 14.6. The minimum absolute atomic E-state index is 0.111. The van der Waals surface area contributed by atoms with Gasteiger partial charge in [-0.05, 0) is 18.9 Å². The summed E-state index contributed by atoms with van der Waals surface area (Å²) in [7, 11) is 0. The van der Waals surface area contributed by atoms with Crippen molar-refractivity contribution >= 4 is 5.69 Å². The summed E-state index contributed by atoms with van der Waals surface area (Å²) < 4.78 is 0. The molecule has 0 aliphatic carbocycles. The van der Waals surface area contributed by atoms with Crippen LogP contribution in [0.1, 0.15) is 70.8 Å². The van der Waals surface area contributed by atoms with Crippen LogP contribution in [0.2, 0.25) is 0 Å². The number of unbranched alkanes of at least 4 members (excludes halogenated alkanes) is 4. The highest BCUT2D eigenvalue weighted by molar-refractivity contribution is 5.51. The Morgan fingerprint density at radius 2 is 1.55 bits per heavy atom. The SMILES string of the molecule is CCCCCC(CCCCC)Nc1ccccc1CO. The quantitative estimate of drug-likeness (QED) is 0.550. The molecule has 0 heterocycles. The van der Waals surface area contributed by atoms with Crippen LogP contribution in [-0.2, 0) is 6.61 Å². The van der Waals surface area contributed by atoms with Gasteiger partial charge in [-0.15, -0.1) is 0 Å². The van der Waals surface area contributed by atoms with Crippen LogP contribution in [0.3, 0.4) is 0 Å². The number of aliphatic hydroxyl groups excluding tert-OH is 1. The van der Waals surface area contributed by atoms with E-state index in [2.05, 4.69) is 25.2 Å². The van der Waals surface area contributed by atoms with Gasteiger partial charge in [0, 0.05) is 17.3 Å². The molecule has 0 unspecified atom stereocenters. The Morgan fingerprint density at radius 3 is 2.10 bits per heavy atom. The second kappa shape index (κ2) is 10.7. The first kappa shape index (κ1) is 17.0. The van der Waals surface area contributed by atoms with Crippen LogP contribution in [-0.4, -0.2) is 11.1 Å². The van der Waals surface area contributed by atoms with Gasteiger partial charge in [0.05, 0.1) is 6.61 Å². The zero-order valence-corrected chi connectivity index (χ0v) is 13.2. The zero-order valence-electron chi connectivity index (χ0n) is 13.2. The van der Waals surface area contributed by atoms with E-state index in [4.69, 9.17) is 0 Å². The van der Waals surface area contributed by atoms with E-state index in [9.17, 15) is 5.11 Å². The van der Waals surface area contributed by atoms with Gasteiger partial charge in [0.1, 0.15) is 0 Å². The Kier molecular flexibility index (Phi) is 9.14. The summed E-state index contributed by atoms with van der Waals surface area (Å²) in [6.45, 7) is 4.61. The van der Waals surface area contributed by atoms with Gasteiger partial charge in [0.25, 0.3) is 0 Å². The predicted molar refractivity (Wildman–Crippen MR) is 88.1 cm³/mol. The van der Waals surface area contributed by atoms with Crippen LogP contribution < -0.4 is 5.32 Å². The van der Waals surface area contributed by atoms with Crippen LogP contribution in [0.15, 0.2) is 24.3 Å². The van der Waals surface area contributed by atoms with E-state index >= 15 is 0 Å². The Morgan fingerprint density at radius 1 is 0.950 bits per heavy atom. The van der Waals surface area contributed by atoms with Crippen LogP contribution in [0.25, 0.3) is 0 Å². The fraction of sp³-hybridized carbons (Fsp3) is 0.667. The number of para-hydroxylation sites is 1.